The highest BCUT2D eigenvalue weighted by molar-refractivity contribution is 6.23. The molecule has 2 atom stereocenters. The first-order chi connectivity index (χ1) is 11.9. The fourth-order valence-corrected chi connectivity index (χ4v) is 4.43. The number of hydrogen-bond acceptors (Lipinski definition) is 5. The molecule has 124 valence electrons. The number of aliphatic hydroxyl groups is 1. The molecule has 25 heavy (non-hydrogen) atoms. The second-order valence-electron chi connectivity index (χ2n) is 7.12. The van der Waals surface area contributed by atoms with E-state index in [9.17, 15) is 19.5 Å². The highest BCUT2D eigenvalue weighted by Gasteiger charge is 2.48. The highest BCUT2D eigenvalue weighted by Crippen LogP contribution is 2.52. The summed E-state index contributed by atoms with van der Waals surface area (Å²) < 4.78 is 5.51. The molecule has 5 rings (SSSR count). The van der Waals surface area contributed by atoms with Gasteiger partial charge in [-0.05, 0) is 42.7 Å². The summed E-state index contributed by atoms with van der Waals surface area (Å²) in [4.78, 5) is 37.3. The molecule has 0 fully saturated rings. The van der Waals surface area contributed by atoms with Crippen molar-refractivity contribution in [3.8, 4) is 0 Å². The third-order valence-corrected chi connectivity index (χ3v) is 5.77. The van der Waals surface area contributed by atoms with E-state index in [1.165, 1.54) is 24.5 Å². The number of furan rings is 1. The zero-order valence-corrected chi connectivity index (χ0v) is 13.5. The van der Waals surface area contributed by atoms with Crippen LogP contribution in [0.15, 0.2) is 35.0 Å². The largest absolute Gasteiger partial charge is 0.460 e. The Morgan fingerprint density at radius 3 is 2.48 bits per heavy atom. The number of hydrogen-bond donors (Lipinski definition) is 1. The predicted octanol–water partition coefficient (Wildman–Crippen LogP) is 2.89. The molecule has 0 aliphatic heterocycles. The van der Waals surface area contributed by atoms with Gasteiger partial charge in [-0.2, -0.15) is 0 Å². The number of benzene rings is 1. The van der Waals surface area contributed by atoms with E-state index in [-0.39, 0.29) is 28.7 Å². The van der Waals surface area contributed by atoms with Crippen molar-refractivity contribution in [1.29, 1.82) is 0 Å². The number of carbonyl (C=O) groups is 3. The van der Waals surface area contributed by atoms with Crippen LogP contribution in [0.4, 0.5) is 0 Å². The van der Waals surface area contributed by atoms with Gasteiger partial charge in [-0.15, -0.1) is 0 Å². The lowest BCUT2D eigenvalue weighted by Crippen LogP contribution is -2.37. The lowest BCUT2D eigenvalue weighted by molar-refractivity contribution is 0.0984. The molecule has 0 spiro atoms. The monoisotopic (exact) mass is 334 g/mol. The van der Waals surface area contributed by atoms with Crippen LogP contribution in [-0.4, -0.2) is 22.5 Å². The Morgan fingerprint density at radius 1 is 1.08 bits per heavy atom. The van der Waals surface area contributed by atoms with E-state index in [4.69, 9.17) is 4.42 Å². The van der Waals surface area contributed by atoms with Gasteiger partial charge < -0.3 is 9.52 Å². The summed E-state index contributed by atoms with van der Waals surface area (Å²) in [6, 6.07) is 3.21. The van der Waals surface area contributed by atoms with Crippen LogP contribution in [0.1, 0.15) is 79.4 Å². The molecular weight excluding hydrogens is 320 g/mol. The SMILES string of the molecule is C[C@@]12CC[C@@H](O)c3coc(c31)C(=O)c1cc3c(cc12)C(=O)C=CC3=O. The maximum absolute atomic E-state index is 12.9. The van der Waals surface area contributed by atoms with Crippen molar-refractivity contribution in [3.63, 3.8) is 0 Å². The second-order valence-corrected chi connectivity index (χ2v) is 7.12. The lowest BCUT2D eigenvalue weighted by Gasteiger charge is -2.40. The predicted molar refractivity (Wildman–Crippen MR) is 87.0 cm³/mol. The minimum Gasteiger partial charge on any atom is -0.460 e. The van der Waals surface area contributed by atoms with Gasteiger partial charge in [0.15, 0.2) is 17.3 Å². The van der Waals surface area contributed by atoms with Crippen molar-refractivity contribution in [3.05, 3.63) is 69.7 Å². The van der Waals surface area contributed by atoms with Gasteiger partial charge >= 0.3 is 0 Å². The molecule has 1 aromatic carbocycles. The smallest absolute Gasteiger partial charge is 0.228 e. The molecule has 2 aromatic rings. The number of allylic oxidation sites excluding steroid dienone is 2. The van der Waals surface area contributed by atoms with Gasteiger partial charge in [-0.3, -0.25) is 14.4 Å². The van der Waals surface area contributed by atoms with E-state index in [0.29, 0.717) is 35.1 Å². The Labute approximate surface area is 143 Å². The number of ketones is 3. The molecular formula is C20H14O5. The molecule has 3 aliphatic carbocycles. The first-order valence-corrected chi connectivity index (χ1v) is 8.21. The quantitative estimate of drug-likeness (QED) is 0.801. The molecule has 1 heterocycles. The van der Waals surface area contributed by atoms with Crippen LogP contribution in [0.2, 0.25) is 0 Å². The number of fused-ring (bicyclic) bond motifs is 3. The minimum atomic E-state index is -0.654. The molecule has 5 nitrogen and oxygen atoms in total. The molecule has 0 amide bonds. The summed E-state index contributed by atoms with van der Waals surface area (Å²) in [6.45, 7) is 2.00. The van der Waals surface area contributed by atoms with Crippen molar-refractivity contribution in [2.75, 3.05) is 0 Å². The third-order valence-electron chi connectivity index (χ3n) is 5.77. The van der Waals surface area contributed by atoms with Gasteiger partial charge in [-0.1, -0.05) is 6.92 Å². The lowest BCUT2D eigenvalue weighted by atomic mass is 9.62. The van der Waals surface area contributed by atoms with Crippen LogP contribution >= 0.6 is 0 Å². The van der Waals surface area contributed by atoms with E-state index in [1.807, 2.05) is 6.92 Å². The Balaban J connectivity index is 1.85. The summed E-state index contributed by atoms with van der Waals surface area (Å²) >= 11 is 0. The zero-order valence-electron chi connectivity index (χ0n) is 13.5. The zero-order chi connectivity index (χ0) is 17.5. The van der Waals surface area contributed by atoms with Crippen molar-refractivity contribution in [2.45, 2.75) is 31.3 Å². The summed E-state index contributed by atoms with van der Waals surface area (Å²) in [5.41, 5.74) is 2.56. The summed E-state index contributed by atoms with van der Waals surface area (Å²) in [7, 11) is 0. The van der Waals surface area contributed by atoms with Gasteiger partial charge in [0.1, 0.15) is 0 Å². The van der Waals surface area contributed by atoms with E-state index in [0.717, 1.165) is 5.56 Å². The fraction of sp³-hybridized carbons (Fsp3) is 0.250. The fourth-order valence-electron chi connectivity index (χ4n) is 4.43. The maximum atomic E-state index is 12.9. The molecule has 0 bridgehead atoms. The molecule has 1 N–H and O–H groups in total. The van der Waals surface area contributed by atoms with Gasteiger partial charge in [0.05, 0.1) is 12.4 Å². The Kier molecular flexibility index (Phi) is 2.58. The van der Waals surface area contributed by atoms with E-state index >= 15 is 0 Å². The van der Waals surface area contributed by atoms with E-state index < -0.39 is 11.5 Å². The van der Waals surface area contributed by atoms with E-state index in [1.54, 1.807) is 6.07 Å². The number of carbonyl (C=O) groups excluding carboxylic acids is 3. The van der Waals surface area contributed by atoms with Crippen molar-refractivity contribution < 1.29 is 23.9 Å². The average Bonchev–Trinajstić information content (AvgIpc) is 3.06. The van der Waals surface area contributed by atoms with Crippen LogP contribution in [0.5, 0.6) is 0 Å². The van der Waals surface area contributed by atoms with Crippen molar-refractivity contribution in [1.82, 2.24) is 0 Å². The Bertz CT molecular complexity index is 1040. The van der Waals surface area contributed by atoms with Gasteiger partial charge in [0, 0.05) is 33.2 Å². The second kappa shape index (κ2) is 4.43. The summed E-state index contributed by atoms with van der Waals surface area (Å²) in [5, 5.41) is 10.3. The molecule has 0 saturated heterocycles. The molecule has 5 heteroatoms. The van der Waals surface area contributed by atoms with E-state index in [2.05, 4.69) is 0 Å². The summed E-state index contributed by atoms with van der Waals surface area (Å²) in [6.07, 6.45) is 4.47. The van der Waals surface area contributed by atoms with Crippen LogP contribution in [0.3, 0.4) is 0 Å². The third kappa shape index (κ3) is 1.63. The van der Waals surface area contributed by atoms with Crippen LogP contribution < -0.4 is 0 Å². The average molecular weight is 334 g/mol. The normalized spacial score (nSPS) is 26.3. The molecule has 3 aliphatic rings. The minimum absolute atomic E-state index is 0.230. The van der Waals surface area contributed by atoms with Crippen LogP contribution in [0, 0.1) is 0 Å². The molecule has 0 unspecified atom stereocenters. The van der Waals surface area contributed by atoms with Crippen LogP contribution in [0.25, 0.3) is 0 Å². The van der Waals surface area contributed by atoms with Gasteiger partial charge in [0.25, 0.3) is 0 Å². The summed E-state index contributed by atoms with van der Waals surface area (Å²) in [5.74, 6) is -0.586. The topological polar surface area (TPSA) is 84.6 Å². The Hall–Kier alpha value is -2.79. The highest BCUT2D eigenvalue weighted by atomic mass is 16.3. The van der Waals surface area contributed by atoms with Crippen molar-refractivity contribution >= 4 is 17.3 Å². The number of rotatable bonds is 0. The van der Waals surface area contributed by atoms with Crippen molar-refractivity contribution in [2.24, 2.45) is 0 Å². The molecule has 0 radical (unpaired) electrons. The first-order valence-electron chi connectivity index (χ1n) is 8.21. The van der Waals surface area contributed by atoms with Crippen LogP contribution in [-0.2, 0) is 5.41 Å². The number of aliphatic hydroxyl groups excluding tert-OH is 1. The van der Waals surface area contributed by atoms with Gasteiger partial charge in [0.2, 0.25) is 5.78 Å². The maximum Gasteiger partial charge on any atom is 0.228 e. The molecule has 0 saturated carbocycles. The van der Waals surface area contributed by atoms with Gasteiger partial charge in [-0.25, -0.2) is 0 Å². The Morgan fingerprint density at radius 2 is 1.76 bits per heavy atom. The standard InChI is InChI=1S/C20H14O5/c1-20-5-4-16(23)12-8-25-19(17(12)20)18(24)11-6-9-10(7-13(11)20)15(22)3-2-14(9)21/h2-3,6-8,16,23H,4-5H2,1H3/t16-,20+/m1/s1. The molecule has 1 aromatic heterocycles. The first kappa shape index (κ1) is 14.5.